The summed E-state index contributed by atoms with van der Waals surface area (Å²) in [6.07, 6.45) is 4.54. The van der Waals surface area contributed by atoms with E-state index >= 15 is 0 Å². The lowest BCUT2D eigenvalue weighted by atomic mass is 9.56. The van der Waals surface area contributed by atoms with Crippen molar-refractivity contribution < 1.29 is 9.47 Å². The lowest BCUT2D eigenvalue weighted by molar-refractivity contribution is 0.304. The van der Waals surface area contributed by atoms with Gasteiger partial charge in [-0.2, -0.15) is 15.8 Å². The summed E-state index contributed by atoms with van der Waals surface area (Å²) in [6.45, 7) is 0. The zero-order valence-electron chi connectivity index (χ0n) is 15.3. The Balaban J connectivity index is 2.37. The first-order chi connectivity index (χ1) is 13.1. The molecule has 2 aliphatic rings. The number of allylic oxidation sites excluding steroid dienone is 4. The molecular weight excluding hydrogens is 340 g/mol. The second-order valence-electron chi connectivity index (χ2n) is 6.71. The zero-order valence-corrected chi connectivity index (χ0v) is 15.3. The molecule has 6 heteroatoms. The minimum atomic E-state index is -1.65. The maximum atomic E-state index is 10.0. The molecule has 3 rings (SSSR count). The molecule has 0 aromatic heterocycles. The summed E-state index contributed by atoms with van der Waals surface area (Å²) in [6, 6.07) is 11.7. The molecule has 0 fully saturated rings. The molecule has 6 nitrogen and oxygen atoms in total. The average Bonchev–Trinajstić information content (AvgIpc) is 2.72. The normalized spacial score (nSPS) is 23.1. The highest BCUT2D eigenvalue weighted by Crippen LogP contribution is 2.57. The van der Waals surface area contributed by atoms with E-state index in [1.165, 1.54) is 0 Å². The Kier molecular flexibility index (Phi) is 4.80. The molecule has 2 N–H and O–H groups in total. The molecule has 2 atom stereocenters. The van der Waals surface area contributed by atoms with E-state index in [1.807, 2.05) is 6.08 Å². The third-order valence-electron chi connectivity index (χ3n) is 5.57. The lowest BCUT2D eigenvalue weighted by Crippen LogP contribution is -2.42. The molecule has 0 saturated heterocycles. The van der Waals surface area contributed by atoms with Crippen LogP contribution in [0.15, 0.2) is 41.1 Å². The monoisotopic (exact) mass is 360 g/mol. The molecule has 0 bridgehead atoms. The van der Waals surface area contributed by atoms with Crippen molar-refractivity contribution in [2.45, 2.75) is 25.2 Å². The third-order valence-corrected chi connectivity index (χ3v) is 5.57. The van der Waals surface area contributed by atoms with E-state index < -0.39 is 11.3 Å². The number of nitrogens with zero attached hydrogens (tertiary/aromatic N) is 3. The summed E-state index contributed by atoms with van der Waals surface area (Å²) in [5, 5.41) is 29.8. The summed E-state index contributed by atoms with van der Waals surface area (Å²) in [7, 11) is 3.11. The quantitative estimate of drug-likeness (QED) is 0.884. The van der Waals surface area contributed by atoms with E-state index in [1.54, 1.807) is 32.4 Å². The number of rotatable bonds is 3. The van der Waals surface area contributed by atoms with Crippen molar-refractivity contribution in [2.75, 3.05) is 14.2 Å². The van der Waals surface area contributed by atoms with Gasteiger partial charge in [0.25, 0.3) is 0 Å². The molecule has 27 heavy (non-hydrogen) atoms. The van der Waals surface area contributed by atoms with E-state index in [0.717, 1.165) is 24.8 Å². The van der Waals surface area contributed by atoms with E-state index in [9.17, 15) is 15.8 Å². The van der Waals surface area contributed by atoms with Crippen molar-refractivity contribution in [2.24, 2.45) is 17.1 Å². The molecule has 0 amide bonds. The van der Waals surface area contributed by atoms with Gasteiger partial charge >= 0.3 is 0 Å². The van der Waals surface area contributed by atoms with Crippen LogP contribution in [0.5, 0.6) is 11.5 Å². The van der Waals surface area contributed by atoms with Crippen LogP contribution >= 0.6 is 0 Å². The molecule has 2 aliphatic carbocycles. The Bertz CT molecular complexity index is 942. The maximum Gasteiger partial charge on any atom is 0.191 e. The lowest BCUT2D eigenvalue weighted by Gasteiger charge is -2.43. The maximum absolute atomic E-state index is 10.0. The Morgan fingerprint density at radius 1 is 1.15 bits per heavy atom. The van der Waals surface area contributed by atoms with E-state index in [0.29, 0.717) is 17.1 Å². The molecule has 0 unspecified atom stereocenters. The first kappa shape index (κ1) is 18.4. The van der Waals surface area contributed by atoms with Crippen molar-refractivity contribution in [3.8, 4) is 29.7 Å². The highest BCUT2D eigenvalue weighted by Gasteiger charge is 2.54. The minimum Gasteiger partial charge on any atom is -0.497 e. The van der Waals surface area contributed by atoms with Crippen molar-refractivity contribution in [1.29, 1.82) is 15.8 Å². The average molecular weight is 360 g/mol. The Morgan fingerprint density at radius 3 is 2.48 bits per heavy atom. The summed E-state index contributed by atoms with van der Waals surface area (Å²) >= 11 is 0. The standard InChI is InChI=1S/C21H20N4O2/c1-26-13-7-8-18(27-2)16(9-13)19-15-6-4-3-5-14(15)17(10-22)20(25)21(19,11-23)12-24/h5,7-9,15,19H,3-4,6,25H2,1-2H3/t15-,19+/m0/s1. The molecule has 0 saturated carbocycles. The third kappa shape index (κ3) is 2.60. The summed E-state index contributed by atoms with van der Waals surface area (Å²) in [4.78, 5) is 0. The second kappa shape index (κ2) is 7.06. The molecule has 0 aliphatic heterocycles. The van der Waals surface area contributed by atoms with Crippen molar-refractivity contribution >= 4 is 0 Å². The number of methoxy groups -OCH3 is 2. The van der Waals surface area contributed by atoms with E-state index in [2.05, 4.69) is 18.2 Å². The summed E-state index contributed by atoms with van der Waals surface area (Å²) in [5.74, 6) is 0.446. The number of nitriles is 3. The van der Waals surface area contributed by atoms with Crippen LogP contribution < -0.4 is 15.2 Å². The number of fused-ring (bicyclic) bond motifs is 1. The number of ether oxygens (including phenoxy) is 2. The van der Waals surface area contributed by atoms with Crippen LogP contribution in [0.4, 0.5) is 0 Å². The van der Waals surface area contributed by atoms with Crippen LogP contribution in [0, 0.1) is 45.3 Å². The minimum absolute atomic E-state index is 0.0225. The van der Waals surface area contributed by atoms with Gasteiger partial charge in [-0.3, -0.25) is 0 Å². The molecule has 1 aromatic rings. The Labute approximate surface area is 158 Å². The van der Waals surface area contributed by atoms with Crippen LogP contribution in [0.25, 0.3) is 0 Å². The molecule has 0 radical (unpaired) electrons. The van der Waals surface area contributed by atoms with Crippen molar-refractivity contribution in [3.05, 3.63) is 46.7 Å². The first-order valence-corrected chi connectivity index (χ1v) is 8.73. The fourth-order valence-corrected chi connectivity index (χ4v) is 4.30. The number of hydrogen-bond acceptors (Lipinski definition) is 6. The van der Waals surface area contributed by atoms with Crippen molar-refractivity contribution in [3.63, 3.8) is 0 Å². The highest BCUT2D eigenvalue weighted by atomic mass is 16.5. The Hall–Kier alpha value is -3.43. The van der Waals surface area contributed by atoms with Gasteiger partial charge in [-0.15, -0.1) is 0 Å². The second-order valence-corrected chi connectivity index (χ2v) is 6.71. The van der Waals surface area contributed by atoms with E-state index in [4.69, 9.17) is 15.2 Å². The van der Waals surface area contributed by atoms with Gasteiger partial charge in [-0.25, -0.2) is 0 Å². The van der Waals surface area contributed by atoms with Gasteiger partial charge in [0, 0.05) is 11.5 Å². The van der Waals surface area contributed by atoms with Crippen LogP contribution in [0.2, 0.25) is 0 Å². The molecule has 1 aromatic carbocycles. The fraction of sp³-hybridized carbons (Fsp3) is 0.381. The SMILES string of the molecule is COc1ccc(OC)c([C@H]2[C@H]3CCCC=C3C(C#N)=C(N)C2(C#N)C#N)c1. The predicted octanol–water partition coefficient (Wildman–Crippen LogP) is 3.30. The van der Waals surface area contributed by atoms with Crippen molar-refractivity contribution in [1.82, 2.24) is 0 Å². The number of hydrogen-bond donors (Lipinski definition) is 1. The predicted molar refractivity (Wildman–Crippen MR) is 98.2 cm³/mol. The molecule has 136 valence electrons. The van der Waals surface area contributed by atoms with Gasteiger partial charge in [-0.1, -0.05) is 6.08 Å². The zero-order chi connectivity index (χ0) is 19.6. The fourth-order valence-electron chi connectivity index (χ4n) is 4.30. The molecular formula is C21H20N4O2. The number of nitrogens with two attached hydrogens (primary N) is 1. The van der Waals surface area contributed by atoms with Gasteiger partial charge in [0.05, 0.1) is 37.6 Å². The largest absolute Gasteiger partial charge is 0.497 e. The summed E-state index contributed by atoms with van der Waals surface area (Å²) < 4.78 is 10.9. The molecule has 0 heterocycles. The van der Waals surface area contributed by atoms with Gasteiger partial charge in [0.15, 0.2) is 5.41 Å². The smallest absolute Gasteiger partial charge is 0.191 e. The Morgan fingerprint density at radius 2 is 1.89 bits per heavy atom. The number of benzene rings is 1. The van der Waals surface area contributed by atoms with E-state index in [-0.39, 0.29) is 17.2 Å². The first-order valence-electron chi connectivity index (χ1n) is 8.73. The van der Waals surface area contributed by atoms with Gasteiger partial charge in [0.1, 0.15) is 17.6 Å². The van der Waals surface area contributed by atoms with Gasteiger partial charge in [-0.05, 0) is 49.0 Å². The van der Waals surface area contributed by atoms with Crippen LogP contribution in [0.3, 0.4) is 0 Å². The van der Waals surface area contributed by atoms with Crippen LogP contribution in [0.1, 0.15) is 30.7 Å². The van der Waals surface area contributed by atoms with Crippen LogP contribution in [-0.2, 0) is 0 Å². The van der Waals surface area contributed by atoms with Crippen LogP contribution in [-0.4, -0.2) is 14.2 Å². The highest BCUT2D eigenvalue weighted by molar-refractivity contribution is 5.61. The summed E-state index contributed by atoms with van der Waals surface area (Å²) in [5.41, 5.74) is 6.45. The van der Waals surface area contributed by atoms with Gasteiger partial charge in [0.2, 0.25) is 0 Å². The van der Waals surface area contributed by atoms with Gasteiger partial charge < -0.3 is 15.2 Å². The molecule has 0 spiro atoms. The topological polar surface area (TPSA) is 116 Å².